The number of rotatable bonds is 13. The van der Waals surface area contributed by atoms with Gasteiger partial charge in [-0.3, -0.25) is 0 Å². The van der Waals surface area contributed by atoms with E-state index in [1.54, 1.807) is 6.08 Å². The minimum absolute atomic E-state index is 0.0581. The van der Waals surface area contributed by atoms with Gasteiger partial charge in [0, 0.05) is 12.8 Å². The molecule has 0 aromatic carbocycles. The van der Waals surface area contributed by atoms with Crippen LogP contribution in [0.4, 0.5) is 13.2 Å². The highest BCUT2D eigenvalue weighted by Gasteiger charge is 2.49. The van der Waals surface area contributed by atoms with Crippen molar-refractivity contribution in [1.82, 2.24) is 0 Å². The number of hydrogen-bond donors (Lipinski definition) is 0. The molecule has 0 aliphatic rings. The highest BCUT2D eigenvalue weighted by Crippen LogP contribution is 2.41. The molecular formula is C24H45F3O7SSi2. The zero-order chi connectivity index (χ0) is 29.7. The van der Waals surface area contributed by atoms with E-state index in [-0.39, 0.29) is 23.1 Å². The lowest BCUT2D eigenvalue weighted by atomic mass is 10.1. The van der Waals surface area contributed by atoms with Crippen molar-refractivity contribution in [2.75, 3.05) is 6.61 Å². The van der Waals surface area contributed by atoms with Crippen LogP contribution in [-0.2, 0) is 32.7 Å². The van der Waals surface area contributed by atoms with Gasteiger partial charge in [-0.25, -0.2) is 4.79 Å². The van der Waals surface area contributed by atoms with Crippen LogP contribution < -0.4 is 0 Å². The maximum atomic E-state index is 13.1. The molecular weight excluding hydrogens is 545 g/mol. The molecule has 0 fully saturated rings. The second-order valence-electron chi connectivity index (χ2n) is 11.9. The van der Waals surface area contributed by atoms with E-state index in [0.717, 1.165) is 0 Å². The summed E-state index contributed by atoms with van der Waals surface area (Å²) in [5.74, 6) is -1.76. The fourth-order valence-electron chi connectivity index (χ4n) is 2.62. The SMILES string of the molecule is C=C[C@H](C[C@@H](C/C(=C/C(=O)OCC)OS(=O)(=O)C(F)(F)F)O[Si](C)(C)C(C)(C)C)O[Si](C)(C)C(C)(C)C. The molecule has 0 amide bonds. The molecule has 0 heterocycles. The molecule has 7 nitrogen and oxygen atoms in total. The van der Waals surface area contributed by atoms with E-state index in [9.17, 15) is 26.4 Å². The number of ether oxygens (including phenoxy) is 1. The summed E-state index contributed by atoms with van der Waals surface area (Å²) in [6.45, 7) is 25.5. The van der Waals surface area contributed by atoms with Gasteiger partial charge in [0.25, 0.3) is 0 Å². The predicted octanol–water partition coefficient (Wildman–Crippen LogP) is 7.05. The average molecular weight is 591 g/mol. The molecule has 0 aliphatic carbocycles. The molecule has 0 unspecified atom stereocenters. The monoisotopic (exact) mass is 590 g/mol. The number of halogens is 3. The van der Waals surface area contributed by atoms with Crippen LogP contribution in [0, 0.1) is 0 Å². The van der Waals surface area contributed by atoms with Gasteiger partial charge >= 0.3 is 21.6 Å². The zero-order valence-electron chi connectivity index (χ0n) is 24.0. The Morgan fingerprint density at radius 3 is 1.78 bits per heavy atom. The van der Waals surface area contributed by atoms with Gasteiger partial charge in [0.15, 0.2) is 16.6 Å². The predicted molar refractivity (Wildman–Crippen MR) is 144 cm³/mol. The highest BCUT2D eigenvalue weighted by molar-refractivity contribution is 7.87. The number of hydrogen-bond acceptors (Lipinski definition) is 7. The van der Waals surface area contributed by atoms with Gasteiger partial charge in [-0.15, -0.1) is 6.58 Å². The van der Waals surface area contributed by atoms with E-state index in [1.807, 2.05) is 33.9 Å². The van der Waals surface area contributed by atoms with Crippen LogP contribution >= 0.6 is 0 Å². The summed E-state index contributed by atoms with van der Waals surface area (Å²) in [5, 5.41) is -0.387. The van der Waals surface area contributed by atoms with Crippen LogP contribution in [0.2, 0.25) is 36.3 Å². The smallest absolute Gasteiger partial charge is 0.463 e. The lowest BCUT2D eigenvalue weighted by Crippen LogP contribution is -2.47. The molecule has 0 radical (unpaired) electrons. The summed E-state index contributed by atoms with van der Waals surface area (Å²) in [7, 11) is -10.8. The van der Waals surface area contributed by atoms with E-state index in [1.165, 1.54) is 6.92 Å². The van der Waals surface area contributed by atoms with Gasteiger partial charge < -0.3 is 17.8 Å². The minimum atomic E-state index is -6.02. The second kappa shape index (κ2) is 12.8. The first-order valence-corrected chi connectivity index (χ1v) is 19.4. The van der Waals surface area contributed by atoms with Crippen LogP contribution in [0.5, 0.6) is 0 Å². The zero-order valence-corrected chi connectivity index (χ0v) is 26.9. The third-order valence-electron chi connectivity index (χ3n) is 6.77. The third kappa shape index (κ3) is 11.2. The Hall–Kier alpha value is -1.16. The first kappa shape index (κ1) is 35.8. The summed E-state index contributed by atoms with van der Waals surface area (Å²) in [6, 6.07) is 0. The largest absolute Gasteiger partial charge is 0.534 e. The van der Waals surface area contributed by atoms with E-state index < -0.39 is 62.6 Å². The van der Waals surface area contributed by atoms with Crippen molar-refractivity contribution in [1.29, 1.82) is 0 Å². The van der Waals surface area contributed by atoms with Crippen molar-refractivity contribution >= 4 is 32.7 Å². The Balaban J connectivity index is 6.46. The maximum Gasteiger partial charge on any atom is 0.534 e. The lowest BCUT2D eigenvalue weighted by Gasteiger charge is -2.42. The number of carbonyl (C=O) groups is 1. The van der Waals surface area contributed by atoms with Crippen molar-refractivity contribution in [3.63, 3.8) is 0 Å². The van der Waals surface area contributed by atoms with Crippen LogP contribution in [0.25, 0.3) is 0 Å². The molecule has 0 N–H and O–H groups in total. The molecule has 0 aliphatic heterocycles. The summed E-state index contributed by atoms with van der Waals surface area (Å²) >= 11 is 0. The maximum absolute atomic E-state index is 13.1. The van der Waals surface area contributed by atoms with Crippen molar-refractivity contribution in [3.05, 3.63) is 24.5 Å². The molecule has 13 heteroatoms. The van der Waals surface area contributed by atoms with E-state index in [0.29, 0.717) is 6.08 Å². The first-order valence-electron chi connectivity index (χ1n) is 12.2. The average Bonchev–Trinajstić information content (AvgIpc) is 2.63. The number of alkyl halides is 3. The van der Waals surface area contributed by atoms with Gasteiger partial charge in [0.1, 0.15) is 5.76 Å². The van der Waals surface area contributed by atoms with Crippen LogP contribution in [0.15, 0.2) is 24.5 Å². The number of carbonyl (C=O) groups excluding carboxylic acids is 1. The molecule has 37 heavy (non-hydrogen) atoms. The molecule has 2 atom stereocenters. The highest BCUT2D eigenvalue weighted by atomic mass is 32.2. The summed E-state index contributed by atoms with van der Waals surface area (Å²) in [4.78, 5) is 12.1. The Labute approximate surface area is 223 Å². The second-order valence-corrected chi connectivity index (χ2v) is 23.0. The standard InChI is InChI=1S/C24H45F3O7SSi2/c1-13-18(33-36(9,10)22(3,4)5)15-20(34-37(11,12)23(6,7)8)16-19(17-21(28)31-14-2)32-35(29,30)24(25,26)27/h13,17-18,20H,1,14-16H2,2-12H3/b19-17-/t18-,20+/m1/s1. The molecule has 0 saturated carbocycles. The van der Waals surface area contributed by atoms with Gasteiger partial charge in [-0.05, 0) is 43.2 Å². The third-order valence-corrected chi connectivity index (χ3v) is 16.8. The quantitative estimate of drug-likeness (QED) is 0.0432. The van der Waals surface area contributed by atoms with E-state index in [2.05, 4.69) is 44.6 Å². The normalized spacial score (nSPS) is 16.2. The Morgan fingerprint density at radius 2 is 1.41 bits per heavy atom. The molecule has 0 spiro atoms. The summed E-state index contributed by atoms with van der Waals surface area (Å²) in [6.07, 6.45) is 0.595. The van der Waals surface area contributed by atoms with Gasteiger partial charge in [0.05, 0.1) is 24.9 Å². The molecule has 0 bridgehead atoms. The molecule has 0 rings (SSSR count). The van der Waals surface area contributed by atoms with Gasteiger partial charge in [-0.2, -0.15) is 21.6 Å². The van der Waals surface area contributed by atoms with Crippen LogP contribution in [-0.4, -0.2) is 55.3 Å². The van der Waals surface area contributed by atoms with Gasteiger partial charge in [-0.1, -0.05) is 47.6 Å². The van der Waals surface area contributed by atoms with Crippen molar-refractivity contribution in [2.24, 2.45) is 0 Å². The first-order chi connectivity index (χ1) is 16.3. The van der Waals surface area contributed by atoms with Crippen molar-refractivity contribution < 1.29 is 44.2 Å². The van der Waals surface area contributed by atoms with E-state index in [4.69, 9.17) is 13.6 Å². The van der Waals surface area contributed by atoms with Crippen molar-refractivity contribution in [2.45, 2.75) is 115 Å². The molecule has 0 aromatic heterocycles. The Bertz CT molecular complexity index is 916. The van der Waals surface area contributed by atoms with Crippen LogP contribution in [0.1, 0.15) is 61.3 Å². The summed E-state index contributed by atoms with van der Waals surface area (Å²) in [5.41, 5.74) is -5.67. The topological polar surface area (TPSA) is 88.1 Å². The van der Waals surface area contributed by atoms with Gasteiger partial charge in [0.2, 0.25) is 0 Å². The summed E-state index contributed by atoms with van der Waals surface area (Å²) < 4.78 is 85.0. The van der Waals surface area contributed by atoms with E-state index >= 15 is 0 Å². The Morgan fingerprint density at radius 1 is 0.946 bits per heavy atom. The fourth-order valence-corrected chi connectivity index (χ4v) is 5.78. The minimum Gasteiger partial charge on any atom is -0.463 e. The van der Waals surface area contributed by atoms with Crippen LogP contribution in [0.3, 0.4) is 0 Å². The number of esters is 1. The fraction of sp³-hybridized carbons (Fsp3) is 0.792. The lowest BCUT2D eigenvalue weighted by molar-refractivity contribution is -0.137. The molecule has 0 aromatic rings. The van der Waals surface area contributed by atoms with Crippen molar-refractivity contribution in [3.8, 4) is 0 Å². The molecule has 0 saturated heterocycles. The molecule has 218 valence electrons. The Kier molecular flexibility index (Phi) is 12.4.